The molecule has 3 N–H and O–H groups in total. The van der Waals surface area contributed by atoms with Crippen LogP contribution < -0.4 is 11.1 Å². The van der Waals surface area contributed by atoms with E-state index in [1.807, 2.05) is 0 Å². The maximum absolute atomic E-state index is 5.87. The Morgan fingerprint density at radius 3 is 2.59 bits per heavy atom. The van der Waals surface area contributed by atoms with Crippen molar-refractivity contribution in [2.75, 3.05) is 6.54 Å². The van der Waals surface area contributed by atoms with Crippen LogP contribution in [0.3, 0.4) is 0 Å². The molecule has 1 rings (SSSR count). The van der Waals surface area contributed by atoms with Crippen LogP contribution in [-0.4, -0.2) is 17.5 Å². The summed E-state index contributed by atoms with van der Waals surface area (Å²) in [6.45, 7) is 8.03. The van der Waals surface area contributed by atoms with Crippen LogP contribution in [0.25, 0.3) is 0 Å². The second kappa shape index (κ2) is 13.1. The average molecular weight is 438 g/mol. The van der Waals surface area contributed by atoms with Crippen LogP contribution in [0.4, 0.5) is 0 Å². The summed E-state index contributed by atoms with van der Waals surface area (Å²) >= 11 is 1.70. The molecule has 0 atom stereocenters. The third-order valence-electron chi connectivity index (χ3n) is 3.31. The van der Waals surface area contributed by atoms with Gasteiger partial charge in [0.05, 0.1) is 17.2 Å². The van der Waals surface area contributed by atoms with Gasteiger partial charge in [0, 0.05) is 17.8 Å². The molecule has 4 nitrogen and oxygen atoms in total. The molecule has 0 radical (unpaired) electrons. The maximum Gasteiger partial charge on any atom is 0.188 e. The Morgan fingerprint density at radius 1 is 1.27 bits per heavy atom. The molecule has 6 heteroatoms. The van der Waals surface area contributed by atoms with Crippen molar-refractivity contribution in [3.8, 4) is 0 Å². The van der Waals surface area contributed by atoms with E-state index in [4.69, 9.17) is 5.73 Å². The van der Waals surface area contributed by atoms with E-state index in [9.17, 15) is 0 Å². The number of nitrogens with two attached hydrogens (primary N) is 1. The number of hydrogen-bond donors (Lipinski definition) is 2. The van der Waals surface area contributed by atoms with Crippen molar-refractivity contribution in [1.29, 1.82) is 0 Å². The highest BCUT2D eigenvalue weighted by Crippen LogP contribution is 2.19. The van der Waals surface area contributed by atoms with E-state index < -0.39 is 0 Å². The minimum atomic E-state index is 0. The van der Waals surface area contributed by atoms with Gasteiger partial charge in [0.1, 0.15) is 0 Å². The summed E-state index contributed by atoms with van der Waals surface area (Å²) in [5, 5.41) is 6.41. The van der Waals surface area contributed by atoms with Crippen LogP contribution in [0.1, 0.15) is 75.9 Å². The lowest BCUT2D eigenvalue weighted by Gasteiger charge is -2.05. The Bertz CT molecular complexity index is 418. The number of thiazole rings is 1. The number of hydrogen-bond acceptors (Lipinski definition) is 3. The van der Waals surface area contributed by atoms with Crippen LogP contribution in [0.5, 0.6) is 0 Å². The molecule has 0 saturated carbocycles. The number of unbranched alkanes of at least 4 members (excludes halogenated alkanes) is 5. The number of aliphatic imine (C=N–C) groups is 1. The molecular formula is C16H31IN4S. The molecule has 128 valence electrons. The SMILES string of the molecule is CCCCCCCCNC(N)=NCc1csc(C(C)C)n1.I. The summed E-state index contributed by atoms with van der Waals surface area (Å²) in [6.07, 6.45) is 7.75. The number of nitrogens with one attached hydrogen (secondary N) is 1. The molecule has 0 saturated heterocycles. The predicted octanol–water partition coefficient (Wildman–Crippen LogP) is 4.65. The van der Waals surface area contributed by atoms with Gasteiger partial charge in [0.25, 0.3) is 0 Å². The molecule has 0 bridgehead atoms. The monoisotopic (exact) mass is 438 g/mol. The highest BCUT2D eigenvalue weighted by Gasteiger charge is 2.05. The van der Waals surface area contributed by atoms with Crippen molar-refractivity contribution < 1.29 is 0 Å². The Morgan fingerprint density at radius 2 is 1.95 bits per heavy atom. The third-order valence-corrected chi connectivity index (χ3v) is 4.51. The highest BCUT2D eigenvalue weighted by molar-refractivity contribution is 14.0. The largest absolute Gasteiger partial charge is 0.370 e. The standard InChI is InChI=1S/C16H30N4S.HI/c1-4-5-6-7-8-9-10-18-16(17)19-11-14-12-21-15(20-14)13(2)3;/h12-13H,4-11H2,1-3H3,(H3,17,18,19);1H. The Labute approximate surface area is 156 Å². The first kappa shape index (κ1) is 21.6. The first-order valence-corrected chi connectivity index (χ1v) is 8.99. The minimum absolute atomic E-state index is 0. The van der Waals surface area contributed by atoms with Crippen LogP contribution in [0.15, 0.2) is 10.4 Å². The van der Waals surface area contributed by atoms with E-state index >= 15 is 0 Å². The predicted molar refractivity (Wildman–Crippen MR) is 108 cm³/mol. The summed E-state index contributed by atoms with van der Waals surface area (Å²) in [5.74, 6) is 1.01. The van der Waals surface area contributed by atoms with Gasteiger partial charge in [-0.3, -0.25) is 0 Å². The molecule has 0 aromatic carbocycles. The van der Waals surface area contributed by atoms with Gasteiger partial charge in [0.2, 0.25) is 0 Å². The number of aromatic nitrogens is 1. The first-order chi connectivity index (χ1) is 10.1. The van der Waals surface area contributed by atoms with Crippen molar-refractivity contribution in [1.82, 2.24) is 10.3 Å². The second-order valence-corrected chi connectivity index (χ2v) is 6.62. The summed E-state index contributed by atoms with van der Waals surface area (Å²) in [4.78, 5) is 8.89. The normalized spacial score (nSPS) is 11.5. The van der Waals surface area contributed by atoms with Crippen molar-refractivity contribution in [2.45, 2.75) is 71.8 Å². The smallest absolute Gasteiger partial charge is 0.188 e. The van der Waals surface area contributed by atoms with E-state index in [2.05, 4.69) is 41.4 Å². The zero-order chi connectivity index (χ0) is 15.5. The van der Waals surface area contributed by atoms with Gasteiger partial charge in [-0.15, -0.1) is 35.3 Å². The molecular weight excluding hydrogens is 407 g/mol. The summed E-state index contributed by atoms with van der Waals surface area (Å²) in [7, 11) is 0. The summed E-state index contributed by atoms with van der Waals surface area (Å²) < 4.78 is 0. The molecule has 1 aromatic rings. The molecule has 0 fully saturated rings. The fourth-order valence-electron chi connectivity index (χ4n) is 2.00. The zero-order valence-corrected chi connectivity index (χ0v) is 17.2. The zero-order valence-electron chi connectivity index (χ0n) is 14.1. The molecule has 0 spiro atoms. The number of nitrogens with zero attached hydrogens (tertiary/aromatic N) is 2. The fourth-order valence-corrected chi connectivity index (χ4v) is 2.83. The van der Waals surface area contributed by atoms with Crippen molar-refractivity contribution in [3.05, 3.63) is 16.1 Å². The molecule has 1 aromatic heterocycles. The van der Waals surface area contributed by atoms with Crippen LogP contribution in [0.2, 0.25) is 0 Å². The van der Waals surface area contributed by atoms with Crippen LogP contribution in [0, 0.1) is 0 Å². The molecule has 0 amide bonds. The van der Waals surface area contributed by atoms with Crippen LogP contribution >= 0.6 is 35.3 Å². The lowest BCUT2D eigenvalue weighted by molar-refractivity contribution is 0.601. The summed E-state index contributed by atoms with van der Waals surface area (Å²) in [5.41, 5.74) is 6.87. The first-order valence-electron chi connectivity index (χ1n) is 8.11. The van der Waals surface area contributed by atoms with Gasteiger partial charge >= 0.3 is 0 Å². The van der Waals surface area contributed by atoms with Gasteiger partial charge < -0.3 is 11.1 Å². The van der Waals surface area contributed by atoms with Crippen molar-refractivity contribution in [2.24, 2.45) is 10.7 Å². The van der Waals surface area contributed by atoms with E-state index in [1.54, 1.807) is 11.3 Å². The number of halogens is 1. The molecule has 0 aliphatic carbocycles. The number of guanidine groups is 1. The molecule has 0 aliphatic rings. The second-order valence-electron chi connectivity index (χ2n) is 5.73. The lowest BCUT2D eigenvalue weighted by Crippen LogP contribution is -2.32. The summed E-state index contributed by atoms with van der Waals surface area (Å²) in [6, 6.07) is 0. The minimum Gasteiger partial charge on any atom is -0.370 e. The van der Waals surface area contributed by atoms with Gasteiger partial charge in [-0.05, 0) is 6.42 Å². The lowest BCUT2D eigenvalue weighted by atomic mass is 10.1. The third kappa shape index (κ3) is 9.61. The van der Waals surface area contributed by atoms with E-state index in [0.29, 0.717) is 18.4 Å². The maximum atomic E-state index is 5.87. The van der Waals surface area contributed by atoms with E-state index in [-0.39, 0.29) is 24.0 Å². The quantitative estimate of drug-likeness (QED) is 0.242. The van der Waals surface area contributed by atoms with E-state index in [1.165, 1.54) is 37.1 Å². The molecule has 22 heavy (non-hydrogen) atoms. The Hall–Kier alpha value is -0.370. The van der Waals surface area contributed by atoms with Gasteiger partial charge in [-0.2, -0.15) is 0 Å². The Kier molecular flexibility index (Phi) is 12.9. The van der Waals surface area contributed by atoms with Crippen LogP contribution in [-0.2, 0) is 6.54 Å². The molecule has 0 unspecified atom stereocenters. The molecule has 0 aliphatic heterocycles. The number of rotatable bonds is 10. The fraction of sp³-hybridized carbons (Fsp3) is 0.750. The van der Waals surface area contributed by atoms with Crippen molar-refractivity contribution >= 4 is 41.3 Å². The van der Waals surface area contributed by atoms with Gasteiger partial charge in [-0.25, -0.2) is 9.98 Å². The van der Waals surface area contributed by atoms with E-state index in [0.717, 1.165) is 18.7 Å². The topological polar surface area (TPSA) is 63.3 Å². The Balaban J connectivity index is 0.00000441. The van der Waals surface area contributed by atoms with Crippen molar-refractivity contribution in [3.63, 3.8) is 0 Å². The molecule has 1 heterocycles. The van der Waals surface area contributed by atoms with Gasteiger partial charge in [0.15, 0.2) is 5.96 Å². The highest BCUT2D eigenvalue weighted by atomic mass is 127. The average Bonchev–Trinajstić information content (AvgIpc) is 2.93. The van der Waals surface area contributed by atoms with Gasteiger partial charge in [-0.1, -0.05) is 52.9 Å².